The minimum atomic E-state index is 0.102. The molecular weight excluding hydrogens is 278 g/mol. The molecule has 1 aliphatic rings. The van der Waals surface area contributed by atoms with E-state index in [0.29, 0.717) is 31.5 Å². The highest BCUT2D eigenvalue weighted by molar-refractivity contribution is 5.75. The Hall–Kier alpha value is -1.62. The highest BCUT2D eigenvalue weighted by atomic mass is 16.5. The summed E-state index contributed by atoms with van der Waals surface area (Å²) in [4.78, 5) is 18.6. The number of piperidine rings is 1. The quantitative estimate of drug-likeness (QED) is 0.840. The summed E-state index contributed by atoms with van der Waals surface area (Å²) in [6.45, 7) is 4.13. The fourth-order valence-electron chi connectivity index (χ4n) is 2.91. The van der Waals surface area contributed by atoms with Gasteiger partial charge in [0.15, 0.2) is 0 Å². The number of nitrogens with zero attached hydrogens (tertiary/aromatic N) is 2. The number of rotatable bonds is 7. The molecular formula is C17H27N3O2. The van der Waals surface area contributed by atoms with Crippen molar-refractivity contribution in [3.05, 3.63) is 23.9 Å². The second-order valence-corrected chi connectivity index (χ2v) is 5.85. The fourth-order valence-corrected chi connectivity index (χ4v) is 2.91. The number of carbonyl (C=O) groups excluding carboxylic acids is 1. The molecule has 5 heteroatoms. The van der Waals surface area contributed by atoms with E-state index in [2.05, 4.69) is 22.2 Å². The molecule has 22 heavy (non-hydrogen) atoms. The molecule has 1 atom stereocenters. The molecule has 0 unspecified atom stereocenters. The Morgan fingerprint density at radius 2 is 2.36 bits per heavy atom. The topological polar surface area (TPSA) is 54.5 Å². The highest BCUT2D eigenvalue weighted by Crippen LogP contribution is 2.19. The number of hydrogen-bond donors (Lipinski definition) is 1. The number of amides is 1. The van der Waals surface area contributed by atoms with Gasteiger partial charge in [0.1, 0.15) is 0 Å². The number of aromatic nitrogens is 1. The molecule has 2 rings (SSSR count). The second kappa shape index (κ2) is 8.73. The van der Waals surface area contributed by atoms with E-state index in [0.717, 1.165) is 18.5 Å². The van der Waals surface area contributed by atoms with Gasteiger partial charge in [-0.2, -0.15) is 0 Å². The molecule has 0 spiro atoms. The number of likely N-dealkylation sites (tertiary alicyclic amines) is 1. The van der Waals surface area contributed by atoms with Crippen LogP contribution in [-0.4, -0.2) is 42.0 Å². The average Bonchev–Trinajstić information content (AvgIpc) is 2.53. The molecule has 1 N–H and O–H groups in total. The lowest BCUT2D eigenvalue weighted by atomic mass is 9.98. The first kappa shape index (κ1) is 16.7. The molecule has 0 aromatic carbocycles. The van der Waals surface area contributed by atoms with Gasteiger partial charge in [-0.1, -0.05) is 12.5 Å². The monoisotopic (exact) mass is 305 g/mol. The molecule has 5 nitrogen and oxygen atoms in total. The Balaban J connectivity index is 1.75. The maximum Gasteiger partial charge on any atom is 0.220 e. The molecule has 1 saturated heterocycles. The van der Waals surface area contributed by atoms with Crippen LogP contribution in [0.3, 0.4) is 0 Å². The second-order valence-electron chi connectivity index (χ2n) is 5.85. The van der Waals surface area contributed by atoms with Gasteiger partial charge in [-0.15, -0.1) is 0 Å². The molecule has 1 aliphatic heterocycles. The van der Waals surface area contributed by atoms with Crippen LogP contribution in [0.5, 0.6) is 5.88 Å². The predicted octanol–water partition coefficient (Wildman–Crippen LogP) is 2.36. The Morgan fingerprint density at radius 3 is 3.14 bits per heavy atom. The first-order chi connectivity index (χ1) is 10.7. The third kappa shape index (κ3) is 4.98. The van der Waals surface area contributed by atoms with Crippen LogP contribution < -0.4 is 10.1 Å². The number of nitrogens with one attached hydrogen (secondary N) is 1. The predicted molar refractivity (Wildman–Crippen MR) is 86.8 cm³/mol. The summed E-state index contributed by atoms with van der Waals surface area (Å²) in [7, 11) is 2.16. The van der Waals surface area contributed by atoms with Gasteiger partial charge in [0.2, 0.25) is 11.8 Å². The standard InChI is InChI=1S/C17H27N3O2/c1-3-22-17-14(7-6-11-18-17)13-19-16(21)10-9-15-8-4-5-12-20(15)2/h6-7,11,15H,3-5,8-10,12-13H2,1-2H3,(H,19,21)/t15-/m0/s1. The van der Waals surface area contributed by atoms with E-state index in [-0.39, 0.29) is 5.91 Å². The van der Waals surface area contributed by atoms with Crippen molar-refractivity contribution >= 4 is 5.91 Å². The van der Waals surface area contributed by atoms with Crippen molar-refractivity contribution in [2.75, 3.05) is 20.2 Å². The zero-order valence-electron chi connectivity index (χ0n) is 13.7. The Bertz CT molecular complexity index is 479. The van der Waals surface area contributed by atoms with E-state index < -0.39 is 0 Å². The largest absolute Gasteiger partial charge is 0.478 e. The molecule has 1 aromatic heterocycles. The fraction of sp³-hybridized carbons (Fsp3) is 0.647. The lowest BCUT2D eigenvalue weighted by molar-refractivity contribution is -0.121. The van der Waals surface area contributed by atoms with Crippen molar-refractivity contribution in [1.29, 1.82) is 0 Å². The molecule has 1 amide bonds. The molecule has 1 fully saturated rings. The molecule has 0 radical (unpaired) electrons. The van der Waals surface area contributed by atoms with Crippen LogP contribution in [0.2, 0.25) is 0 Å². The zero-order chi connectivity index (χ0) is 15.8. The van der Waals surface area contributed by atoms with E-state index in [4.69, 9.17) is 4.74 Å². The van der Waals surface area contributed by atoms with Gasteiger partial charge in [0, 0.05) is 30.8 Å². The molecule has 0 saturated carbocycles. The van der Waals surface area contributed by atoms with Crippen molar-refractivity contribution < 1.29 is 9.53 Å². The number of carbonyl (C=O) groups is 1. The van der Waals surface area contributed by atoms with E-state index in [1.807, 2.05) is 19.1 Å². The van der Waals surface area contributed by atoms with Crippen LogP contribution in [-0.2, 0) is 11.3 Å². The van der Waals surface area contributed by atoms with Gasteiger partial charge < -0.3 is 15.0 Å². The summed E-state index contributed by atoms with van der Waals surface area (Å²) in [6.07, 6.45) is 6.99. The summed E-state index contributed by atoms with van der Waals surface area (Å²) < 4.78 is 5.47. The normalized spacial score (nSPS) is 18.9. The van der Waals surface area contributed by atoms with Crippen LogP contribution in [0.1, 0.15) is 44.6 Å². The average molecular weight is 305 g/mol. The summed E-state index contributed by atoms with van der Waals surface area (Å²) in [5.74, 6) is 0.711. The van der Waals surface area contributed by atoms with E-state index in [1.165, 1.54) is 19.3 Å². The minimum Gasteiger partial charge on any atom is -0.478 e. The van der Waals surface area contributed by atoms with E-state index in [1.54, 1.807) is 6.20 Å². The van der Waals surface area contributed by atoms with E-state index >= 15 is 0 Å². The van der Waals surface area contributed by atoms with E-state index in [9.17, 15) is 4.79 Å². The maximum absolute atomic E-state index is 12.0. The third-order valence-corrected chi connectivity index (χ3v) is 4.23. The summed E-state index contributed by atoms with van der Waals surface area (Å²) >= 11 is 0. The zero-order valence-corrected chi connectivity index (χ0v) is 13.7. The molecule has 122 valence electrons. The maximum atomic E-state index is 12.0. The van der Waals surface area contributed by atoms with Crippen LogP contribution in [0.4, 0.5) is 0 Å². The number of pyridine rings is 1. The van der Waals surface area contributed by atoms with Gasteiger partial charge in [0.25, 0.3) is 0 Å². The molecule has 0 bridgehead atoms. The van der Waals surface area contributed by atoms with Crippen LogP contribution in [0, 0.1) is 0 Å². The Kier molecular flexibility index (Phi) is 6.65. The van der Waals surface area contributed by atoms with Crippen molar-refractivity contribution in [3.8, 4) is 5.88 Å². The highest BCUT2D eigenvalue weighted by Gasteiger charge is 2.19. The van der Waals surface area contributed by atoms with Crippen LogP contribution in [0.15, 0.2) is 18.3 Å². The number of ether oxygens (including phenoxy) is 1. The van der Waals surface area contributed by atoms with Gasteiger partial charge in [-0.3, -0.25) is 4.79 Å². The van der Waals surface area contributed by atoms with Crippen molar-refractivity contribution in [2.24, 2.45) is 0 Å². The number of hydrogen-bond acceptors (Lipinski definition) is 4. The van der Waals surface area contributed by atoms with Crippen molar-refractivity contribution in [2.45, 2.75) is 51.6 Å². The van der Waals surface area contributed by atoms with Gasteiger partial charge in [-0.05, 0) is 45.8 Å². The smallest absolute Gasteiger partial charge is 0.220 e. The Labute approximate surface area is 133 Å². The van der Waals surface area contributed by atoms with Crippen LogP contribution >= 0.6 is 0 Å². The first-order valence-electron chi connectivity index (χ1n) is 8.24. The third-order valence-electron chi connectivity index (χ3n) is 4.23. The summed E-state index contributed by atoms with van der Waals surface area (Å²) in [5, 5.41) is 2.97. The molecule has 0 aliphatic carbocycles. The van der Waals surface area contributed by atoms with Crippen LogP contribution in [0.25, 0.3) is 0 Å². The van der Waals surface area contributed by atoms with Gasteiger partial charge in [0.05, 0.1) is 6.61 Å². The summed E-state index contributed by atoms with van der Waals surface area (Å²) in [6, 6.07) is 4.35. The Morgan fingerprint density at radius 1 is 1.50 bits per heavy atom. The SMILES string of the molecule is CCOc1ncccc1CNC(=O)CC[C@@H]1CCCCN1C. The van der Waals surface area contributed by atoms with Gasteiger partial charge in [-0.25, -0.2) is 4.98 Å². The first-order valence-corrected chi connectivity index (χ1v) is 8.24. The lowest BCUT2D eigenvalue weighted by Gasteiger charge is -2.32. The molecule has 2 heterocycles. The lowest BCUT2D eigenvalue weighted by Crippen LogP contribution is -2.37. The van der Waals surface area contributed by atoms with Gasteiger partial charge >= 0.3 is 0 Å². The molecule has 1 aromatic rings. The van der Waals surface area contributed by atoms with Crippen molar-refractivity contribution in [3.63, 3.8) is 0 Å². The minimum absolute atomic E-state index is 0.102. The summed E-state index contributed by atoms with van der Waals surface area (Å²) in [5.41, 5.74) is 0.924. The van der Waals surface area contributed by atoms with Crippen molar-refractivity contribution in [1.82, 2.24) is 15.2 Å².